The molecule has 0 saturated heterocycles. The Kier molecular flexibility index (Phi) is 8.77. The van der Waals surface area contributed by atoms with Gasteiger partial charge in [0.05, 0.1) is 12.7 Å². The number of nitrogens with one attached hydrogen (secondary N) is 1. The number of benzene rings is 3. The van der Waals surface area contributed by atoms with E-state index in [2.05, 4.69) is 5.32 Å². The van der Waals surface area contributed by atoms with Crippen LogP contribution in [0.3, 0.4) is 0 Å². The van der Waals surface area contributed by atoms with Crippen molar-refractivity contribution in [1.82, 2.24) is 5.32 Å². The highest BCUT2D eigenvalue weighted by atomic mass is 19.4. The van der Waals surface area contributed by atoms with Gasteiger partial charge < -0.3 is 19.9 Å². The molecule has 1 atom stereocenters. The predicted octanol–water partition coefficient (Wildman–Crippen LogP) is 6.52. The smallest absolute Gasteiger partial charge is 0.416 e. The number of alkyl halides is 3. The van der Waals surface area contributed by atoms with Gasteiger partial charge in [-0.15, -0.1) is 0 Å². The molecule has 0 saturated carbocycles. The Bertz CT molecular complexity index is 1240. The topological polar surface area (TPSA) is 67.8 Å². The van der Waals surface area contributed by atoms with Crippen LogP contribution in [0.1, 0.15) is 35.2 Å². The molecule has 0 aliphatic carbocycles. The molecule has 0 aromatic heterocycles. The van der Waals surface area contributed by atoms with E-state index in [9.17, 15) is 18.0 Å². The summed E-state index contributed by atoms with van der Waals surface area (Å²) in [5.41, 5.74) is 2.44. The zero-order chi connectivity index (χ0) is 26.3. The predicted molar refractivity (Wildman–Crippen MR) is 133 cm³/mol. The van der Waals surface area contributed by atoms with Crippen LogP contribution in [0.4, 0.5) is 13.2 Å². The summed E-state index contributed by atoms with van der Waals surface area (Å²) in [5, 5.41) is 12.2. The molecule has 0 aliphatic heterocycles. The third kappa shape index (κ3) is 7.36. The molecule has 0 fully saturated rings. The molecule has 8 heteroatoms. The maximum atomic E-state index is 13.6. The second-order valence-corrected chi connectivity index (χ2v) is 8.29. The molecule has 0 bridgehead atoms. The van der Waals surface area contributed by atoms with E-state index in [-0.39, 0.29) is 18.4 Å². The minimum atomic E-state index is -4.55. The Labute approximate surface area is 208 Å². The molecule has 190 valence electrons. The van der Waals surface area contributed by atoms with Crippen molar-refractivity contribution in [2.45, 2.75) is 26.1 Å². The Morgan fingerprint density at radius 2 is 1.83 bits per heavy atom. The van der Waals surface area contributed by atoms with Gasteiger partial charge in [-0.25, -0.2) is 4.79 Å². The Morgan fingerprint density at radius 3 is 2.53 bits per heavy atom. The molecule has 0 radical (unpaired) electrons. The molecule has 36 heavy (non-hydrogen) atoms. The van der Waals surface area contributed by atoms with E-state index in [1.165, 1.54) is 6.08 Å². The maximum absolute atomic E-state index is 13.6. The minimum Gasteiger partial charge on any atom is -0.497 e. The fraction of sp³-hybridized carbons (Fsp3) is 0.250. The zero-order valence-electron chi connectivity index (χ0n) is 20.2. The molecule has 0 unspecified atom stereocenters. The summed E-state index contributed by atoms with van der Waals surface area (Å²) in [7, 11) is 1.60. The third-order valence-corrected chi connectivity index (χ3v) is 5.67. The molecular weight excluding hydrogens is 471 g/mol. The summed E-state index contributed by atoms with van der Waals surface area (Å²) in [6.07, 6.45) is -2.14. The number of carbonyl (C=O) groups is 1. The van der Waals surface area contributed by atoms with E-state index in [0.717, 1.165) is 35.1 Å². The van der Waals surface area contributed by atoms with Crippen molar-refractivity contribution in [3.8, 4) is 22.6 Å². The van der Waals surface area contributed by atoms with Gasteiger partial charge in [0.15, 0.2) is 0 Å². The highest BCUT2D eigenvalue weighted by molar-refractivity contribution is 5.86. The molecule has 3 aromatic carbocycles. The largest absolute Gasteiger partial charge is 0.497 e. The first kappa shape index (κ1) is 26.8. The molecule has 0 amide bonds. The number of halogens is 3. The van der Waals surface area contributed by atoms with E-state index < -0.39 is 17.7 Å². The first-order valence-electron chi connectivity index (χ1n) is 11.3. The molecule has 0 heterocycles. The lowest BCUT2D eigenvalue weighted by Crippen LogP contribution is -2.24. The molecule has 2 N–H and O–H groups in total. The number of carboxylic acids is 1. The van der Waals surface area contributed by atoms with Crippen molar-refractivity contribution < 1.29 is 32.5 Å². The quantitative estimate of drug-likeness (QED) is 0.246. The van der Waals surface area contributed by atoms with Crippen LogP contribution >= 0.6 is 0 Å². The fourth-order valence-electron chi connectivity index (χ4n) is 3.65. The number of methoxy groups -OCH3 is 1. The summed E-state index contributed by atoms with van der Waals surface area (Å²) in [6.45, 7) is 4.35. The average molecular weight is 500 g/mol. The van der Waals surface area contributed by atoms with Gasteiger partial charge in [-0.3, -0.25) is 0 Å². The molecule has 0 spiro atoms. The lowest BCUT2D eigenvalue weighted by molar-refractivity contribution is -0.137. The molecule has 3 aromatic rings. The normalized spacial score (nSPS) is 12.5. The van der Waals surface area contributed by atoms with Crippen LogP contribution in [0, 0.1) is 6.92 Å². The number of aryl methyl sites for hydroxylation is 1. The van der Waals surface area contributed by atoms with Crippen LogP contribution in [-0.2, 0) is 11.0 Å². The van der Waals surface area contributed by atoms with Crippen molar-refractivity contribution in [1.29, 1.82) is 0 Å². The van der Waals surface area contributed by atoms with Gasteiger partial charge in [-0.1, -0.05) is 24.3 Å². The van der Waals surface area contributed by atoms with Crippen LogP contribution in [0.2, 0.25) is 0 Å². The van der Waals surface area contributed by atoms with Crippen LogP contribution in [0.25, 0.3) is 17.2 Å². The van der Waals surface area contributed by atoms with Gasteiger partial charge in [-0.2, -0.15) is 13.2 Å². The lowest BCUT2D eigenvalue weighted by Gasteiger charge is -2.17. The lowest BCUT2D eigenvalue weighted by atomic mass is 9.97. The van der Waals surface area contributed by atoms with Gasteiger partial charge in [0.1, 0.15) is 18.1 Å². The third-order valence-electron chi connectivity index (χ3n) is 5.67. The van der Waals surface area contributed by atoms with Crippen molar-refractivity contribution >= 4 is 12.0 Å². The number of hydrogen-bond acceptors (Lipinski definition) is 4. The second-order valence-electron chi connectivity index (χ2n) is 8.29. The number of rotatable bonds is 10. The van der Waals surface area contributed by atoms with Crippen LogP contribution in [0.15, 0.2) is 66.7 Å². The van der Waals surface area contributed by atoms with Gasteiger partial charge in [0, 0.05) is 18.7 Å². The Hall–Kier alpha value is -3.78. The highest BCUT2D eigenvalue weighted by Crippen LogP contribution is 2.36. The van der Waals surface area contributed by atoms with Crippen LogP contribution in [-0.4, -0.2) is 31.3 Å². The van der Waals surface area contributed by atoms with Crippen LogP contribution in [0.5, 0.6) is 11.5 Å². The van der Waals surface area contributed by atoms with Crippen molar-refractivity contribution in [2.75, 3.05) is 20.3 Å². The summed E-state index contributed by atoms with van der Waals surface area (Å²) in [5.74, 6) is -0.269. The number of aliphatic carboxylic acids is 1. The van der Waals surface area contributed by atoms with Crippen LogP contribution < -0.4 is 14.8 Å². The van der Waals surface area contributed by atoms with Gasteiger partial charge in [0.2, 0.25) is 0 Å². The zero-order valence-corrected chi connectivity index (χ0v) is 20.2. The molecule has 5 nitrogen and oxygen atoms in total. The highest BCUT2D eigenvalue weighted by Gasteiger charge is 2.31. The first-order chi connectivity index (χ1) is 17.1. The number of ether oxygens (including phenoxy) is 2. The number of hydrogen-bond donors (Lipinski definition) is 2. The van der Waals surface area contributed by atoms with E-state index in [4.69, 9.17) is 14.6 Å². The summed E-state index contributed by atoms with van der Waals surface area (Å²) < 4.78 is 51.7. The van der Waals surface area contributed by atoms with Gasteiger partial charge in [0.25, 0.3) is 0 Å². The molecular formula is C28H28F3NO4. The van der Waals surface area contributed by atoms with Gasteiger partial charge >= 0.3 is 12.1 Å². The van der Waals surface area contributed by atoms with E-state index >= 15 is 0 Å². The van der Waals surface area contributed by atoms with Crippen molar-refractivity contribution in [2.24, 2.45) is 0 Å². The standard InChI is InChI=1S/C28H28F3NO4/c1-18-7-8-22(13-20(18)9-10-27(33)34)23-14-24(28(29,30)31)17-26(16-23)36-12-11-32-19(2)21-5-4-6-25(15-21)35-3/h4-10,13-17,19,32H,11-12H2,1-3H3,(H,33,34)/b10-9+/t19-/m1/s1. The maximum Gasteiger partial charge on any atom is 0.416 e. The van der Waals surface area contributed by atoms with Crippen molar-refractivity contribution in [3.05, 3.63) is 89.0 Å². The fourth-order valence-corrected chi connectivity index (χ4v) is 3.65. The van der Waals surface area contributed by atoms with E-state index in [1.54, 1.807) is 38.3 Å². The Balaban J connectivity index is 1.77. The first-order valence-corrected chi connectivity index (χ1v) is 11.3. The monoisotopic (exact) mass is 499 g/mol. The molecule has 0 aliphatic rings. The average Bonchev–Trinajstić information content (AvgIpc) is 2.85. The minimum absolute atomic E-state index is 0.00870. The van der Waals surface area contributed by atoms with E-state index in [0.29, 0.717) is 23.2 Å². The summed E-state index contributed by atoms with van der Waals surface area (Å²) in [6, 6.07) is 16.3. The van der Waals surface area contributed by atoms with Gasteiger partial charge in [-0.05, 0) is 84.1 Å². The van der Waals surface area contributed by atoms with E-state index in [1.807, 2.05) is 31.2 Å². The molecule has 3 rings (SSSR count). The second kappa shape index (κ2) is 11.8. The SMILES string of the molecule is COc1cccc([C@@H](C)NCCOc2cc(-c3ccc(C)c(/C=C/C(=O)O)c3)cc(C(F)(F)F)c2)c1. The van der Waals surface area contributed by atoms with Crippen molar-refractivity contribution in [3.63, 3.8) is 0 Å². The summed E-state index contributed by atoms with van der Waals surface area (Å²) >= 11 is 0. The summed E-state index contributed by atoms with van der Waals surface area (Å²) in [4.78, 5) is 10.9. The number of carboxylic acid groups (broad SMARTS) is 1. The Morgan fingerprint density at radius 1 is 1.06 bits per heavy atom.